The molecule has 3 aromatic rings. The third kappa shape index (κ3) is 5.98. The number of unbranched alkanes of at least 4 members (excludes halogenated alkanes) is 1. The van der Waals surface area contributed by atoms with Crippen LogP contribution in [-0.4, -0.2) is 89.2 Å². The van der Waals surface area contributed by atoms with Crippen LogP contribution in [0.1, 0.15) is 67.0 Å². The van der Waals surface area contributed by atoms with Crippen molar-refractivity contribution < 1.29 is 13.9 Å². The number of hydrogen-bond donors (Lipinski definition) is 0. The number of carbonyl (C=O) groups is 1. The third-order valence-corrected chi connectivity index (χ3v) is 8.23. The van der Waals surface area contributed by atoms with Crippen LogP contribution < -0.4 is 0 Å². The molecule has 2 saturated heterocycles. The first-order valence-corrected chi connectivity index (χ1v) is 14.4. The van der Waals surface area contributed by atoms with Gasteiger partial charge in [0, 0.05) is 77.1 Å². The van der Waals surface area contributed by atoms with Crippen molar-refractivity contribution in [1.82, 2.24) is 24.3 Å². The van der Waals surface area contributed by atoms with Gasteiger partial charge in [0.1, 0.15) is 17.2 Å². The topological polar surface area (TPSA) is 67.0 Å². The second-order valence-electron chi connectivity index (χ2n) is 10.9. The summed E-state index contributed by atoms with van der Waals surface area (Å²) in [5, 5.41) is 0.941. The smallest absolute Gasteiger partial charge is 0.258 e. The minimum absolute atomic E-state index is 0.108. The first-order valence-electron chi connectivity index (χ1n) is 14.4. The minimum atomic E-state index is 0.108. The van der Waals surface area contributed by atoms with Crippen LogP contribution in [0, 0.1) is 0 Å². The Morgan fingerprint density at radius 2 is 1.92 bits per heavy atom. The van der Waals surface area contributed by atoms with E-state index in [-0.39, 0.29) is 12.0 Å². The van der Waals surface area contributed by atoms with Gasteiger partial charge in [0.05, 0.1) is 17.7 Å². The summed E-state index contributed by atoms with van der Waals surface area (Å²) >= 11 is 0. The number of fused-ring (bicyclic) bond motifs is 1. The van der Waals surface area contributed by atoms with E-state index in [4.69, 9.17) is 9.15 Å². The number of likely N-dealkylation sites (N-methyl/N-ethyl adjacent to an activating group) is 1. The fourth-order valence-corrected chi connectivity index (χ4v) is 5.88. The zero-order valence-corrected chi connectivity index (χ0v) is 23.3. The van der Waals surface area contributed by atoms with Crippen LogP contribution in [0.2, 0.25) is 0 Å². The van der Waals surface area contributed by atoms with Crippen LogP contribution in [0.4, 0.5) is 0 Å². The summed E-state index contributed by atoms with van der Waals surface area (Å²) in [6.45, 7) is 8.59. The maximum atomic E-state index is 13.6. The van der Waals surface area contributed by atoms with Gasteiger partial charge in [0.2, 0.25) is 0 Å². The van der Waals surface area contributed by atoms with E-state index in [1.165, 1.54) is 0 Å². The van der Waals surface area contributed by atoms with Gasteiger partial charge in [0.25, 0.3) is 5.91 Å². The largest absolute Gasteiger partial charge is 0.460 e. The molecule has 8 nitrogen and oxygen atoms in total. The Hall–Kier alpha value is -2.68. The number of likely N-dealkylation sites (tertiary alicyclic amines) is 1. The van der Waals surface area contributed by atoms with E-state index in [1.54, 1.807) is 0 Å². The van der Waals surface area contributed by atoms with Gasteiger partial charge in [-0.2, -0.15) is 0 Å². The molecule has 1 aromatic carbocycles. The summed E-state index contributed by atoms with van der Waals surface area (Å²) in [5.41, 5.74) is 1.58. The lowest BCUT2D eigenvalue weighted by molar-refractivity contribution is 0.00258. The summed E-state index contributed by atoms with van der Waals surface area (Å²) < 4.78 is 14.5. The summed E-state index contributed by atoms with van der Waals surface area (Å²) in [5.74, 6) is 2.08. The van der Waals surface area contributed by atoms with Crippen molar-refractivity contribution >= 4 is 16.9 Å². The molecule has 0 spiro atoms. The summed E-state index contributed by atoms with van der Waals surface area (Å²) in [6, 6.07) is 8.26. The molecular formula is C30H43N5O3. The SMILES string of the molecule is CCCCc1oc2ccccc2c1C(=O)N1CCC(OCCCN2CCN(C)C(c3nccn3C)C2)CC1. The van der Waals surface area contributed by atoms with Gasteiger partial charge in [-0.25, -0.2) is 4.98 Å². The fraction of sp³-hybridized carbons (Fsp3) is 0.600. The lowest BCUT2D eigenvalue weighted by Gasteiger charge is -2.39. The number of piperidine rings is 1. The van der Waals surface area contributed by atoms with E-state index in [0.717, 1.165) is 113 Å². The normalized spacial score (nSPS) is 20.0. The predicted molar refractivity (Wildman–Crippen MR) is 149 cm³/mol. The van der Waals surface area contributed by atoms with E-state index < -0.39 is 0 Å². The van der Waals surface area contributed by atoms with Gasteiger partial charge in [-0.3, -0.25) is 14.6 Å². The number of ether oxygens (including phenoxy) is 1. The molecule has 206 valence electrons. The number of aromatic nitrogens is 2. The van der Waals surface area contributed by atoms with Crippen molar-refractivity contribution in [1.29, 1.82) is 0 Å². The van der Waals surface area contributed by atoms with Crippen molar-refractivity contribution in [2.45, 2.75) is 57.6 Å². The number of benzene rings is 1. The molecule has 8 heteroatoms. The molecule has 1 atom stereocenters. The highest BCUT2D eigenvalue weighted by Gasteiger charge is 2.30. The number of imidazole rings is 1. The van der Waals surface area contributed by atoms with Crippen LogP contribution in [-0.2, 0) is 18.2 Å². The highest BCUT2D eigenvalue weighted by molar-refractivity contribution is 6.07. The molecule has 0 saturated carbocycles. The molecule has 5 rings (SSSR count). The Balaban J connectivity index is 1.08. The third-order valence-electron chi connectivity index (χ3n) is 8.23. The van der Waals surface area contributed by atoms with E-state index in [0.29, 0.717) is 6.04 Å². The molecule has 0 aliphatic carbocycles. The summed E-state index contributed by atoms with van der Waals surface area (Å²) in [4.78, 5) is 25.1. The molecule has 0 bridgehead atoms. The molecule has 0 N–H and O–H groups in total. The average Bonchev–Trinajstić information content (AvgIpc) is 3.53. The van der Waals surface area contributed by atoms with Crippen LogP contribution >= 0.6 is 0 Å². The molecule has 38 heavy (non-hydrogen) atoms. The number of furan rings is 1. The number of rotatable bonds is 10. The van der Waals surface area contributed by atoms with Gasteiger partial charge in [0.15, 0.2) is 0 Å². The Bertz CT molecular complexity index is 1200. The minimum Gasteiger partial charge on any atom is -0.460 e. The first kappa shape index (κ1) is 26.9. The molecular weight excluding hydrogens is 478 g/mol. The van der Waals surface area contributed by atoms with Gasteiger partial charge in [-0.05, 0) is 38.8 Å². The van der Waals surface area contributed by atoms with E-state index >= 15 is 0 Å². The number of amides is 1. The number of hydrogen-bond acceptors (Lipinski definition) is 6. The molecule has 2 aromatic heterocycles. The second-order valence-corrected chi connectivity index (χ2v) is 10.9. The monoisotopic (exact) mass is 521 g/mol. The van der Waals surface area contributed by atoms with Crippen molar-refractivity contribution in [3.05, 3.63) is 53.8 Å². The molecule has 1 amide bonds. The Morgan fingerprint density at radius 3 is 2.68 bits per heavy atom. The van der Waals surface area contributed by atoms with Gasteiger partial charge >= 0.3 is 0 Å². The molecule has 2 fully saturated rings. The van der Waals surface area contributed by atoms with Crippen molar-refractivity contribution in [2.24, 2.45) is 7.05 Å². The Labute approximate surface area is 226 Å². The first-order chi connectivity index (χ1) is 18.5. The average molecular weight is 522 g/mol. The lowest BCUT2D eigenvalue weighted by atomic mass is 10.0. The summed E-state index contributed by atoms with van der Waals surface area (Å²) in [7, 11) is 4.27. The maximum absolute atomic E-state index is 13.6. The molecule has 2 aliphatic heterocycles. The van der Waals surface area contributed by atoms with Crippen LogP contribution in [0.3, 0.4) is 0 Å². The van der Waals surface area contributed by atoms with Gasteiger partial charge in [-0.1, -0.05) is 31.5 Å². The Kier molecular flexibility index (Phi) is 8.82. The highest BCUT2D eigenvalue weighted by Crippen LogP contribution is 2.30. The van der Waals surface area contributed by atoms with Gasteiger partial charge < -0.3 is 18.6 Å². The molecule has 0 radical (unpaired) electrons. The van der Waals surface area contributed by atoms with Crippen LogP contribution in [0.15, 0.2) is 41.1 Å². The number of aryl methyl sites for hydroxylation is 2. The van der Waals surface area contributed by atoms with E-state index in [1.807, 2.05) is 41.6 Å². The standard InChI is InChI=1S/C30H43N5O3/c1-4-5-10-27-28(24-9-6-7-11-26(24)38-27)30(36)35-16-12-23(13-17-35)37-21-8-15-34-20-19-32(2)25(22-34)29-31-14-18-33(29)3/h6-7,9,11,14,18,23,25H,4-5,8,10,12-13,15-17,19-22H2,1-3H3. The highest BCUT2D eigenvalue weighted by atomic mass is 16.5. The zero-order chi connectivity index (χ0) is 26.5. The fourth-order valence-electron chi connectivity index (χ4n) is 5.88. The van der Waals surface area contributed by atoms with E-state index in [9.17, 15) is 4.79 Å². The second kappa shape index (κ2) is 12.5. The predicted octanol–water partition coefficient (Wildman–Crippen LogP) is 4.51. The number of para-hydroxylation sites is 1. The molecule has 4 heterocycles. The number of piperazine rings is 1. The van der Waals surface area contributed by atoms with E-state index in [2.05, 4.69) is 40.4 Å². The van der Waals surface area contributed by atoms with Crippen LogP contribution in [0.5, 0.6) is 0 Å². The van der Waals surface area contributed by atoms with Crippen molar-refractivity contribution in [3.63, 3.8) is 0 Å². The summed E-state index contributed by atoms with van der Waals surface area (Å²) in [6.07, 6.45) is 9.85. The van der Waals surface area contributed by atoms with Crippen LogP contribution in [0.25, 0.3) is 11.0 Å². The van der Waals surface area contributed by atoms with Crippen molar-refractivity contribution in [2.75, 3.05) is 52.9 Å². The number of nitrogens with zero attached hydrogens (tertiary/aromatic N) is 5. The van der Waals surface area contributed by atoms with Crippen molar-refractivity contribution in [3.8, 4) is 0 Å². The lowest BCUT2D eigenvalue weighted by Crippen LogP contribution is -2.47. The molecule has 2 aliphatic rings. The van der Waals surface area contributed by atoms with Gasteiger partial charge in [-0.15, -0.1) is 0 Å². The zero-order valence-electron chi connectivity index (χ0n) is 23.3. The molecule has 1 unspecified atom stereocenters. The maximum Gasteiger partial charge on any atom is 0.258 e. The Morgan fingerprint density at radius 1 is 1.11 bits per heavy atom. The number of carbonyl (C=O) groups excluding carboxylic acids is 1. The quantitative estimate of drug-likeness (QED) is 0.366.